The van der Waals surface area contributed by atoms with Crippen molar-refractivity contribution in [1.82, 2.24) is 0 Å². The normalized spacial score (nSPS) is 32.6. The van der Waals surface area contributed by atoms with Crippen LogP contribution in [-0.4, -0.2) is 13.9 Å². The number of hydrogen-bond acceptors (Lipinski definition) is 1. The van der Waals surface area contributed by atoms with Gasteiger partial charge < -0.3 is 4.43 Å². The second-order valence-corrected chi connectivity index (χ2v) is 11.1. The van der Waals surface area contributed by atoms with E-state index in [0.29, 0.717) is 5.41 Å². The summed E-state index contributed by atoms with van der Waals surface area (Å²) in [5.41, 5.74) is 0.622. The summed E-state index contributed by atoms with van der Waals surface area (Å²) < 4.78 is 6.35. The molecule has 1 heterocycles. The van der Waals surface area contributed by atoms with E-state index in [9.17, 15) is 0 Å². The molecule has 1 fully saturated rings. The molecule has 14 heavy (non-hydrogen) atoms. The smallest absolute Gasteiger partial charge is 0.188 e. The summed E-state index contributed by atoms with van der Waals surface area (Å²) in [4.78, 5) is 0. The summed E-state index contributed by atoms with van der Waals surface area (Å²) in [6.45, 7) is 18.7. The Morgan fingerprint density at radius 2 is 1.36 bits per heavy atom. The maximum atomic E-state index is 6.35. The van der Waals surface area contributed by atoms with Gasteiger partial charge in [-0.1, -0.05) is 27.7 Å². The van der Waals surface area contributed by atoms with Gasteiger partial charge in [0.25, 0.3) is 0 Å². The fraction of sp³-hybridized carbons (Fsp3) is 1.00. The second kappa shape index (κ2) is 2.85. The summed E-state index contributed by atoms with van der Waals surface area (Å²) in [6.07, 6.45) is 0. The molecule has 0 amide bonds. The van der Waals surface area contributed by atoms with Crippen molar-refractivity contribution in [3.05, 3.63) is 0 Å². The monoisotopic (exact) mass is 214 g/mol. The van der Waals surface area contributed by atoms with Crippen molar-refractivity contribution >= 4 is 8.32 Å². The Bertz CT molecular complexity index is 217. The Hall–Kier alpha value is 0.177. The van der Waals surface area contributed by atoms with Crippen LogP contribution in [0.15, 0.2) is 0 Å². The first-order valence-corrected chi connectivity index (χ1v) is 8.73. The van der Waals surface area contributed by atoms with Crippen LogP contribution in [0.1, 0.15) is 41.5 Å². The van der Waals surface area contributed by atoms with Crippen LogP contribution in [0.3, 0.4) is 0 Å². The van der Waals surface area contributed by atoms with Crippen molar-refractivity contribution in [2.24, 2.45) is 10.8 Å². The van der Waals surface area contributed by atoms with Crippen LogP contribution in [0.25, 0.3) is 0 Å². The summed E-state index contributed by atoms with van der Waals surface area (Å²) in [7, 11) is -1.45. The quantitative estimate of drug-likeness (QED) is 0.553. The predicted molar refractivity (Wildman–Crippen MR) is 65.0 cm³/mol. The summed E-state index contributed by atoms with van der Waals surface area (Å²) in [5, 5.41) is 0. The van der Waals surface area contributed by atoms with Crippen LogP contribution in [-0.2, 0) is 4.43 Å². The van der Waals surface area contributed by atoms with Crippen LogP contribution in [0.4, 0.5) is 0 Å². The van der Waals surface area contributed by atoms with Crippen LogP contribution < -0.4 is 0 Å². The summed E-state index contributed by atoms with van der Waals surface area (Å²) in [5.74, 6) is 0. The Labute approximate surface area is 90.4 Å². The second-order valence-electron chi connectivity index (χ2n) is 7.06. The lowest BCUT2D eigenvalue weighted by Gasteiger charge is -2.60. The topological polar surface area (TPSA) is 9.23 Å². The molecule has 1 nitrogen and oxygen atoms in total. The molecule has 2 heteroatoms. The minimum atomic E-state index is -1.45. The Morgan fingerprint density at radius 3 is 1.71 bits per heavy atom. The molecule has 0 aromatic rings. The standard InChI is InChI=1S/C12H26OSi/c1-10(2)9-14(7,8)13-12(5,6)11(10,3)4/h9H2,1-8H3. The maximum absolute atomic E-state index is 6.35. The lowest BCUT2D eigenvalue weighted by molar-refractivity contribution is -0.107. The molecule has 1 aliphatic rings. The van der Waals surface area contributed by atoms with Crippen molar-refractivity contribution in [3.63, 3.8) is 0 Å². The Morgan fingerprint density at radius 1 is 0.929 bits per heavy atom. The first-order valence-electron chi connectivity index (χ1n) is 5.62. The summed E-state index contributed by atoms with van der Waals surface area (Å²) in [6, 6.07) is 1.26. The fourth-order valence-corrected chi connectivity index (χ4v) is 7.23. The molecule has 1 aliphatic heterocycles. The van der Waals surface area contributed by atoms with E-state index in [0.717, 1.165) is 0 Å². The molecule has 0 aliphatic carbocycles. The first-order chi connectivity index (χ1) is 5.91. The van der Waals surface area contributed by atoms with Crippen LogP contribution in [0.2, 0.25) is 19.1 Å². The van der Waals surface area contributed by atoms with Crippen molar-refractivity contribution in [2.45, 2.75) is 66.3 Å². The molecular weight excluding hydrogens is 188 g/mol. The van der Waals surface area contributed by atoms with Gasteiger partial charge >= 0.3 is 0 Å². The third-order valence-electron chi connectivity index (χ3n) is 4.60. The van der Waals surface area contributed by atoms with E-state index in [-0.39, 0.29) is 11.0 Å². The molecule has 0 aromatic carbocycles. The number of hydrogen-bond donors (Lipinski definition) is 0. The molecule has 0 N–H and O–H groups in total. The van der Waals surface area contributed by atoms with Gasteiger partial charge in [-0.2, -0.15) is 0 Å². The van der Waals surface area contributed by atoms with Gasteiger partial charge in [-0.3, -0.25) is 0 Å². The van der Waals surface area contributed by atoms with Crippen LogP contribution in [0, 0.1) is 10.8 Å². The molecule has 84 valence electrons. The van der Waals surface area contributed by atoms with E-state index in [1.165, 1.54) is 6.04 Å². The van der Waals surface area contributed by atoms with E-state index in [2.05, 4.69) is 54.6 Å². The largest absolute Gasteiger partial charge is 0.412 e. The van der Waals surface area contributed by atoms with E-state index in [1.54, 1.807) is 0 Å². The van der Waals surface area contributed by atoms with Crippen LogP contribution >= 0.6 is 0 Å². The molecule has 0 radical (unpaired) electrons. The fourth-order valence-electron chi connectivity index (χ4n) is 2.95. The average Bonchev–Trinajstić information content (AvgIpc) is 1.77. The van der Waals surface area contributed by atoms with E-state index in [4.69, 9.17) is 4.43 Å². The highest BCUT2D eigenvalue weighted by Crippen LogP contribution is 2.56. The van der Waals surface area contributed by atoms with Crippen molar-refractivity contribution < 1.29 is 4.43 Å². The highest BCUT2D eigenvalue weighted by Gasteiger charge is 2.56. The molecular formula is C12H26OSi. The zero-order valence-corrected chi connectivity index (χ0v) is 12.1. The van der Waals surface area contributed by atoms with E-state index >= 15 is 0 Å². The lowest BCUT2D eigenvalue weighted by Crippen LogP contribution is -2.62. The Balaban J connectivity index is 3.13. The zero-order valence-electron chi connectivity index (χ0n) is 11.1. The SMILES string of the molecule is CC1(C)C[Si](C)(C)OC(C)(C)C1(C)C. The number of rotatable bonds is 0. The van der Waals surface area contributed by atoms with Gasteiger partial charge in [0.1, 0.15) is 0 Å². The van der Waals surface area contributed by atoms with E-state index < -0.39 is 8.32 Å². The molecule has 0 aromatic heterocycles. The van der Waals surface area contributed by atoms with Crippen molar-refractivity contribution in [3.8, 4) is 0 Å². The van der Waals surface area contributed by atoms with Gasteiger partial charge in [-0.25, -0.2) is 0 Å². The Kier molecular flexibility index (Phi) is 2.49. The highest BCUT2D eigenvalue weighted by atomic mass is 28.4. The molecule has 0 bridgehead atoms. The molecule has 1 saturated heterocycles. The van der Waals surface area contributed by atoms with Crippen LogP contribution in [0.5, 0.6) is 0 Å². The van der Waals surface area contributed by atoms with Gasteiger partial charge in [0.2, 0.25) is 0 Å². The molecule has 0 unspecified atom stereocenters. The minimum Gasteiger partial charge on any atom is -0.412 e. The highest BCUT2D eigenvalue weighted by molar-refractivity contribution is 6.71. The predicted octanol–water partition coefficient (Wildman–Crippen LogP) is 4.05. The van der Waals surface area contributed by atoms with Gasteiger partial charge in [0.05, 0.1) is 5.60 Å². The van der Waals surface area contributed by atoms with Gasteiger partial charge in [-0.15, -0.1) is 0 Å². The summed E-state index contributed by atoms with van der Waals surface area (Å²) >= 11 is 0. The molecule has 1 rings (SSSR count). The van der Waals surface area contributed by atoms with Gasteiger partial charge in [0, 0.05) is 0 Å². The minimum absolute atomic E-state index is 0.00444. The zero-order chi connectivity index (χ0) is 11.4. The molecule has 0 atom stereocenters. The van der Waals surface area contributed by atoms with Crippen molar-refractivity contribution in [1.29, 1.82) is 0 Å². The van der Waals surface area contributed by atoms with Crippen molar-refractivity contribution in [2.75, 3.05) is 0 Å². The molecule has 0 spiro atoms. The third-order valence-corrected chi connectivity index (χ3v) is 7.39. The first kappa shape index (κ1) is 12.2. The third kappa shape index (κ3) is 1.67. The van der Waals surface area contributed by atoms with E-state index in [1.807, 2.05) is 0 Å². The molecule has 0 saturated carbocycles. The lowest BCUT2D eigenvalue weighted by atomic mass is 9.60. The van der Waals surface area contributed by atoms with Gasteiger partial charge in [-0.05, 0) is 43.8 Å². The maximum Gasteiger partial charge on any atom is 0.188 e. The van der Waals surface area contributed by atoms with Gasteiger partial charge in [0.15, 0.2) is 8.32 Å². The average molecular weight is 214 g/mol.